The van der Waals surface area contributed by atoms with E-state index >= 15 is 0 Å². The highest BCUT2D eigenvalue weighted by Gasteiger charge is 2.16. The molecule has 1 unspecified atom stereocenters. The number of hydrogen-bond donors (Lipinski definition) is 1. The van der Waals surface area contributed by atoms with Gasteiger partial charge in [-0.05, 0) is 18.9 Å². The van der Waals surface area contributed by atoms with Gasteiger partial charge in [-0.1, -0.05) is 25.1 Å². The first kappa shape index (κ1) is 13.0. The van der Waals surface area contributed by atoms with E-state index in [4.69, 9.17) is 16.0 Å². The van der Waals surface area contributed by atoms with Crippen LogP contribution in [-0.4, -0.2) is 17.8 Å². The summed E-state index contributed by atoms with van der Waals surface area (Å²) in [6.45, 7) is 2.03. The van der Waals surface area contributed by atoms with Crippen molar-refractivity contribution in [1.29, 1.82) is 0 Å². The van der Waals surface area contributed by atoms with Crippen LogP contribution in [-0.2, 0) is 0 Å². The fourth-order valence-electron chi connectivity index (χ4n) is 1.93. The standard InChI is InChI=1S/C14H16ClNO2/c1-2-10(7-8-15)16-14(17)12-9-18-13-6-4-3-5-11(12)13/h3-6,9-10H,2,7-8H2,1H3,(H,16,17). The van der Waals surface area contributed by atoms with Gasteiger partial charge in [0.05, 0.1) is 5.56 Å². The van der Waals surface area contributed by atoms with Gasteiger partial charge in [0.2, 0.25) is 0 Å². The summed E-state index contributed by atoms with van der Waals surface area (Å²) in [4.78, 5) is 12.1. The van der Waals surface area contributed by atoms with Gasteiger partial charge in [-0.2, -0.15) is 0 Å². The maximum absolute atomic E-state index is 12.1. The number of para-hydroxylation sites is 1. The lowest BCUT2D eigenvalue weighted by Gasteiger charge is -2.14. The molecule has 0 aliphatic rings. The average molecular weight is 266 g/mol. The zero-order chi connectivity index (χ0) is 13.0. The Kier molecular flexibility index (Phi) is 4.26. The number of nitrogens with one attached hydrogen (secondary N) is 1. The fourth-order valence-corrected chi connectivity index (χ4v) is 2.19. The van der Waals surface area contributed by atoms with Crippen LogP contribution in [0.25, 0.3) is 11.0 Å². The SMILES string of the molecule is CCC(CCCl)NC(=O)c1coc2ccccc12. The molecule has 1 atom stereocenters. The van der Waals surface area contributed by atoms with Gasteiger partial charge in [-0.3, -0.25) is 4.79 Å². The zero-order valence-electron chi connectivity index (χ0n) is 10.3. The van der Waals surface area contributed by atoms with Gasteiger partial charge in [0.25, 0.3) is 5.91 Å². The van der Waals surface area contributed by atoms with Gasteiger partial charge in [-0.25, -0.2) is 0 Å². The number of benzene rings is 1. The van der Waals surface area contributed by atoms with Gasteiger partial charge < -0.3 is 9.73 Å². The second kappa shape index (κ2) is 5.91. The minimum atomic E-state index is -0.100. The summed E-state index contributed by atoms with van der Waals surface area (Å²) in [7, 11) is 0. The van der Waals surface area contributed by atoms with Crippen LogP contribution in [0.4, 0.5) is 0 Å². The topological polar surface area (TPSA) is 42.2 Å². The number of alkyl halides is 1. The summed E-state index contributed by atoms with van der Waals surface area (Å²) < 4.78 is 5.36. The van der Waals surface area contributed by atoms with Gasteiger partial charge in [0.15, 0.2) is 0 Å². The van der Waals surface area contributed by atoms with Crippen LogP contribution in [0.3, 0.4) is 0 Å². The van der Waals surface area contributed by atoms with Crippen molar-refractivity contribution < 1.29 is 9.21 Å². The second-order valence-electron chi connectivity index (χ2n) is 4.20. The summed E-state index contributed by atoms with van der Waals surface area (Å²) in [5.41, 5.74) is 1.31. The van der Waals surface area contributed by atoms with Crippen molar-refractivity contribution in [2.24, 2.45) is 0 Å². The number of amides is 1. The Morgan fingerprint density at radius 1 is 1.44 bits per heavy atom. The smallest absolute Gasteiger partial charge is 0.255 e. The molecule has 0 fully saturated rings. The Morgan fingerprint density at radius 2 is 2.22 bits per heavy atom. The van der Waals surface area contributed by atoms with Gasteiger partial charge >= 0.3 is 0 Å². The molecular formula is C14H16ClNO2. The van der Waals surface area contributed by atoms with Crippen LogP contribution in [0.15, 0.2) is 34.9 Å². The van der Waals surface area contributed by atoms with E-state index in [-0.39, 0.29) is 11.9 Å². The van der Waals surface area contributed by atoms with Crippen LogP contribution in [0.1, 0.15) is 30.1 Å². The quantitative estimate of drug-likeness (QED) is 0.840. The molecule has 1 aromatic heterocycles. The van der Waals surface area contributed by atoms with Crippen molar-refractivity contribution in [1.82, 2.24) is 5.32 Å². The first-order chi connectivity index (χ1) is 8.76. The van der Waals surface area contributed by atoms with Gasteiger partial charge in [-0.15, -0.1) is 11.6 Å². The zero-order valence-corrected chi connectivity index (χ0v) is 11.0. The van der Waals surface area contributed by atoms with E-state index in [0.29, 0.717) is 11.4 Å². The number of carbonyl (C=O) groups is 1. The molecule has 0 aliphatic carbocycles. The van der Waals surface area contributed by atoms with Crippen molar-refractivity contribution in [3.8, 4) is 0 Å². The third-order valence-electron chi connectivity index (χ3n) is 3.01. The van der Waals surface area contributed by atoms with E-state index in [1.807, 2.05) is 31.2 Å². The molecule has 4 heteroatoms. The number of halogens is 1. The highest BCUT2D eigenvalue weighted by molar-refractivity contribution is 6.17. The Hall–Kier alpha value is -1.48. The molecule has 0 radical (unpaired) electrons. The molecule has 0 saturated heterocycles. The van der Waals surface area contributed by atoms with E-state index < -0.39 is 0 Å². The summed E-state index contributed by atoms with van der Waals surface area (Å²) in [6, 6.07) is 7.63. The molecule has 96 valence electrons. The number of rotatable bonds is 5. The molecule has 2 rings (SSSR count). The van der Waals surface area contributed by atoms with E-state index in [1.165, 1.54) is 6.26 Å². The molecule has 3 nitrogen and oxygen atoms in total. The lowest BCUT2D eigenvalue weighted by Crippen LogP contribution is -2.34. The Balaban J connectivity index is 2.18. The highest BCUT2D eigenvalue weighted by Crippen LogP contribution is 2.20. The number of carbonyl (C=O) groups excluding carboxylic acids is 1. The predicted octanol–water partition coefficient (Wildman–Crippen LogP) is 3.57. The molecule has 1 amide bonds. The normalized spacial score (nSPS) is 12.6. The molecule has 0 aliphatic heterocycles. The van der Waals surface area contributed by atoms with Gasteiger partial charge in [0.1, 0.15) is 11.8 Å². The lowest BCUT2D eigenvalue weighted by molar-refractivity contribution is 0.0936. The second-order valence-corrected chi connectivity index (χ2v) is 4.58. The van der Waals surface area contributed by atoms with Crippen LogP contribution < -0.4 is 5.32 Å². The molecule has 0 spiro atoms. The lowest BCUT2D eigenvalue weighted by atomic mass is 10.1. The maximum atomic E-state index is 12.1. The van der Waals surface area contributed by atoms with Crippen molar-refractivity contribution in [3.63, 3.8) is 0 Å². The Morgan fingerprint density at radius 3 is 2.94 bits per heavy atom. The van der Waals surface area contributed by atoms with Crippen LogP contribution in [0, 0.1) is 0 Å². The van der Waals surface area contributed by atoms with Crippen LogP contribution in [0.5, 0.6) is 0 Å². The number of furan rings is 1. The molecule has 0 bridgehead atoms. The van der Waals surface area contributed by atoms with E-state index in [2.05, 4.69) is 5.32 Å². The first-order valence-corrected chi connectivity index (χ1v) is 6.62. The van der Waals surface area contributed by atoms with E-state index in [9.17, 15) is 4.79 Å². The molecular weight excluding hydrogens is 250 g/mol. The third kappa shape index (κ3) is 2.67. The van der Waals surface area contributed by atoms with Crippen LogP contribution >= 0.6 is 11.6 Å². The molecule has 1 aromatic carbocycles. The Labute approximate surface area is 111 Å². The summed E-state index contributed by atoms with van der Waals surface area (Å²) in [5, 5.41) is 3.82. The largest absolute Gasteiger partial charge is 0.463 e. The Bertz CT molecular complexity index is 535. The summed E-state index contributed by atoms with van der Waals surface area (Å²) in [5.74, 6) is 0.446. The molecule has 0 saturated carbocycles. The van der Waals surface area contributed by atoms with Crippen molar-refractivity contribution in [2.75, 3.05) is 5.88 Å². The average Bonchev–Trinajstić information content (AvgIpc) is 2.82. The molecule has 2 aromatic rings. The molecule has 1 heterocycles. The number of fused-ring (bicyclic) bond motifs is 1. The monoisotopic (exact) mass is 265 g/mol. The van der Waals surface area contributed by atoms with Crippen molar-refractivity contribution >= 4 is 28.5 Å². The molecule has 18 heavy (non-hydrogen) atoms. The highest BCUT2D eigenvalue weighted by atomic mass is 35.5. The van der Waals surface area contributed by atoms with Gasteiger partial charge in [0, 0.05) is 17.3 Å². The molecule has 1 N–H and O–H groups in total. The minimum absolute atomic E-state index is 0.100. The number of hydrogen-bond acceptors (Lipinski definition) is 2. The minimum Gasteiger partial charge on any atom is -0.463 e. The maximum Gasteiger partial charge on any atom is 0.255 e. The fraction of sp³-hybridized carbons (Fsp3) is 0.357. The predicted molar refractivity (Wildman–Crippen MR) is 73.1 cm³/mol. The van der Waals surface area contributed by atoms with Crippen molar-refractivity contribution in [2.45, 2.75) is 25.8 Å². The summed E-state index contributed by atoms with van der Waals surface area (Å²) >= 11 is 5.71. The van der Waals surface area contributed by atoms with Crippen molar-refractivity contribution in [3.05, 3.63) is 36.1 Å². The third-order valence-corrected chi connectivity index (χ3v) is 3.23. The van der Waals surface area contributed by atoms with Crippen LogP contribution in [0.2, 0.25) is 0 Å². The first-order valence-electron chi connectivity index (χ1n) is 6.09. The van der Waals surface area contributed by atoms with E-state index in [1.54, 1.807) is 0 Å². The summed E-state index contributed by atoms with van der Waals surface area (Å²) in [6.07, 6.45) is 3.15. The van der Waals surface area contributed by atoms with E-state index in [0.717, 1.165) is 23.8 Å².